The van der Waals surface area contributed by atoms with E-state index >= 15 is 0 Å². The standard InChI is InChI=1S/C10H22O3S/c1-3-5-7-10(8-6-4-2)9-14(11,12)13/h10H,3-9H2,1-2H3,(H,11,12,13). The Morgan fingerprint density at radius 3 is 1.79 bits per heavy atom. The normalized spacial score (nSPS) is 12.3. The Kier molecular flexibility index (Phi) is 7.19. The molecule has 0 amide bonds. The van der Waals surface area contributed by atoms with Crippen LogP contribution in [0.3, 0.4) is 0 Å². The summed E-state index contributed by atoms with van der Waals surface area (Å²) < 4.78 is 30.2. The fraction of sp³-hybridized carbons (Fsp3) is 1.00. The van der Waals surface area contributed by atoms with Crippen LogP contribution in [0, 0.1) is 5.92 Å². The van der Waals surface area contributed by atoms with Gasteiger partial charge in [0.05, 0.1) is 5.75 Å². The van der Waals surface area contributed by atoms with Crippen LogP contribution in [0.2, 0.25) is 0 Å². The molecule has 0 aliphatic rings. The average Bonchev–Trinajstić information content (AvgIpc) is 2.07. The van der Waals surface area contributed by atoms with Gasteiger partial charge in [-0.25, -0.2) is 0 Å². The van der Waals surface area contributed by atoms with Crippen molar-refractivity contribution in [1.29, 1.82) is 0 Å². The average molecular weight is 222 g/mol. The molecule has 0 aromatic heterocycles. The third kappa shape index (κ3) is 8.51. The van der Waals surface area contributed by atoms with E-state index in [2.05, 4.69) is 13.8 Å². The summed E-state index contributed by atoms with van der Waals surface area (Å²) in [6, 6.07) is 0. The van der Waals surface area contributed by atoms with Gasteiger partial charge >= 0.3 is 0 Å². The van der Waals surface area contributed by atoms with Crippen LogP contribution in [0.25, 0.3) is 0 Å². The van der Waals surface area contributed by atoms with Crippen molar-refractivity contribution in [3.63, 3.8) is 0 Å². The van der Waals surface area contributed by atoms with Gasteiger partial charge in [0.15, 0.2) is 0 Å². The minimum atomic E-state index is -3.78. The maximum Gasteiger partial charge on any atom is 0.265 e. The second-order valence-electron chi connectivity index (χ2n) is 3.90. The van der Waals surface area contributed by atoms with Crippen LogP contribution >= 0.6 is 0 Å². The Balaban J connectivity index is 3.96. The van der Waals surface area contributed by atoms with E-state index in [1.807, 2.05) is 0 Å². The molecule has 0 atom stereocenters. The molecule has 1 N–H and O–H groups in total. The molecule has 14 heavy (non-hydrogen) atoms. The molecule has 0 radical (unpaired) electrons. The molecular weight excluding hydrogens is 200 g/mol. The molecule has 0 saturated carbocycles. The zero-order valence-corrected chi connectivity index (χ0v) is 10.0. The van der Waals surface area contributed by atoms with Crippen LogP contribution in [-0.2, 0) is 10.1 Å². The minimum absolute atomic E-state index is 0.0625. The van der Waals surface area contributed by atoms with Crippen LogP contribution in [-0.4, -0.2) is 18.7 Å². The Bertz CT molecular complexity index is 214. The molecule has 3 nitrogen and oxygen atoms in total. The summed E-state index contributed by atoms with van der Waals surface area (Å²) >= 11 is 0. The molecule has 0 heterocycles. The van der Waals surface area contributed by atoms with E-state index in [4.69, 9.17) is 4.55 Å². The summed E-state index contributed by atoms with van der Waals surface area (Å²) in [5.74, 6) is 0.0809. The highest BCUT2D eigenvalue weighted by atomic mass is 32.2. The molecule has 0 aromatic rings. The van der Waals surface area contributed by atoms with Gasteiger partial charge in [-0.3, -0.25) is 4.55 Å². The first kappa shape index (κ1) is 13.9. The largest absolute Gasteiger partial charge is 0.286 e. The van der Waals surface area contributed by atoms with Crippen LogP contribution in [0.1, 0.15) is 52.4 Å². The van der Waals surface area contributed by atoms with Gasteiger partial charge in [-0.1, -0.05) is 39.5 Å². The Morgan fingerprint density at radius 2 is 1.50 bits per heavy atom. The van der Waals surface area contributed by atoms with Crippen molar-refractivity contribution < 1.29 is 13.0 Å². The van der Waals surface area contributed by atoms with Crippen molar-refractivity contribution in [2.45, 2.75) is 52.4 Å². The number of hydrogen-bond donors (Lipinski definition) is 1. The van der Waals surface area contributed by atoms with E-state index in [9.17, 15) is 8.42 Å². The van der Waals surface area contributed by atoms with Crippen LogP contribution in [0.15, 0.2) is 0 Å². The maximum atomic E-state index is 10.7. The van der Waals surface area contributed by atoms with E-state index in [1.54, 1.807) is 0 Å². The molecular formula is C10H22O3S. The first-order chi connectivity index (χ1) is 6.49. The first-order valence-corrected chi connectivity index (χ1v) is 7.05. The van der Waals surface area contributed by atoms with Gasteiger partial charge in [0.25, 0.3) is 10.1 Å². The quantitative estimate of drug-likeness (QED) is 0.642. The fourth-order valence-electron chi connectivity index (χ4n) is 1.59. The highest BCUT2D eigenvalue weighted by Gasteiger charge is 2.15. The van der Waals surface area contributed by atoms with Crippen molar-refractivity contribution in [2.24, 2.45) is 5.92 Å². The van der Waals surface area contributed by atoms with E-state index in [1.165, 1.54) is 0 Å². The second kappa shape index (κ2) is 7.23. The van der Waals surface area contributed by atoms with Gasteiger partial charge in [-0.15, -0.1) is 0 Å². The lowest BCUT2D eigenvalue weighted by molar-refractivity contribution is 0.423. The Labute approximate surface area is 87.7 Å². The van der Waals surface area contributed by atoms with Crippen molar-refractivity contribution in [3.8, 4) is 0 Å². The summed E-state index contributed by atoms with van der Waals surface area (Å²) in [5, 5.41) is 0. The van der Waals surface area contributed by atoms with Crippen molar-refractivity contribution in [1.82, 2.24) is 0 Å². The maximum absolute atomic E-state index is 10.7. The van der Waals surface area contributed by atoms with E-state index in [0.717, 1.165) is 38.5 Å². The van der Waals surface area contributed by atoms with Crippen molar-refractivity contribution in [3.05, 3.63) is 0 Å². The van der Waals surface area contributed by atoms with Crippen LogP contribution in [0.4, 0.5) is 0 Å². The smallest absolute Gasteiger partial charge is 0.265 e. The number of unbranched alkanes of at least 4 members (excludes halogenated alkanes) is 2. The molecule has 0 saturated heterocycles. The molecule has 86 valence electrons. The third-order valence-electron chi connectivity index (χ3n) is 2.38. The summed E-state index contributed by atoms with van der Waals surface area (Å²) in [7, 11) is -3.78. The molecule has 0 fully saturated rings. The zero-order valence-electron chi connectivity index (χ0n) is 9.20. The minimum Gasteiger partial charge on any atom is -0.286 e. The molecule has 0 spiro atoms. The zero-order chi connectivity index (χ0) is 11.0. The van der Waals surface area contributed by atoms with Crippen LogP contribution < -0.4 is 0 Å². The SMILES string of the molecule is CCCCC(CCCC)CS(=O)(=O)O. The van der Waals surface area contributed by atoms with Crippen LogP contribution in [0.5, 0.6) is 0 Å². The van der Waals surface area contributed by atoms with Crippen molar-refractivity contribution in [2.75, 3.05) is 5.75 Å². The van der Waals surface area contributed by atoms with Gasteiger partial charge in [-0.2, -0.15) is 8.42 Å². The lowest BCUT2D eigenvalue weighted by Gasteiger charge is -2.13. The molecule has 0 aromatic carbocycles. The highest BCUT2D eigenvalue weighted by Crippen LogP contribution is 2.17. The second-order valence-corrected chi connectivity index (χ2v) is 5.40. The van der Waals surface area contributed by atoms with Crippen molar-refractivity contribution >= 4 is 10.1 Å². The number of hydrogen-bond acceptors (Lipinski definition) is 2. The summed E-state index contributed by atoms with van der Waals surface area (Å²) in [5.41, 5.74) is 0. The summed E-state index contributed by atoms with van der Waals surface area (Å²) in [4.78, 5) is 0. The van der Waals surface area contributed by atoms with Gasteiger partial charge in [0, 0.05) is 0 Å². The van der Waals surface area contributed by atoms with Gasteiger partial charge in [-0.05, 0) is 18.8 Å². The monoisotopic (exact) mass is 222 g/mol. The molecule has 0 aliphatic heterocycles. The molecule has 0 aliphatic carbocycles. The number of rotatable bonds is 8. The third-order valence-corrected chi connectivity index (χ3v) is 3.27. The Morgan fingerprint density at radius 1 is 1.07 bits per heavy atom. The highest BCUT2D eigenvalue weighted by molar-refractivity contribution is 7.85. The lowest BCUT2D eigenvalue weighted by Crippen LogP contribution is -2.15. The van der Waals surface area contributed by atoms with E-state index < -0.39 is 10.1 Å². The predicted molar refractivity (Wildman–Crippen MR) is 59.0 cm³/mol. The molecule has 0 unspecified atom stereocenters. The molecule has 0 bridgehead atoms. The summed E-state index contributed by atoms with van der Waals surface area (Å²) in [6.07, 6.45) is 6.07. The van der Waals surface area contributed by atoms with Gasteiger partial charge < -0.3 is 0 Å². The predicted octanol–water partition coefficient (Wildman–Crippen LogP) is 2.87. The molecule has 0 rings (SSSR count). The molecule has 4 heteroatoms. The van der Waals surface area contributed by atoms with Gasteiger partial charge in [0.2, 0.25) is 0 Å². The topological polar surface area (TPSA) is 54.4 Å². The summed E-state index contributed by atoms with van der Waals surface area (Å²) in [6.45, 7) is 4.18. The van der Waals surface area contributed by atoms with Gasteiger partial charge in [0.1, 0.15) is 0 Å². The first-order valence-electron chi connectivity index (χ1n) is 5.44. The van der Waals surface area contributed by atoms with E-state index in [-0.39, 0.29) is 11.7 Å². The van der Waals surface area contributed by atoms with E-state index in [0.29, 0.717) is 0 Å². The lowest BCUT2D eigenvalue weighted by atomic mass is 9.98. The fourth-order valence-corrected chi connectivity index (χ4v) is 2.52. The Hall–Kier alpha value is -0.0900.